The molecule has 0 saturated carbocycles. The van der Waals surface area contributed by atoms with Gasteiger partial charge in [-0.3, -0.25) is 15.2 Å². The minimum absolute atomic E-state index is 0.272. The average molecular weight is 496 g/mol. The Bertz CT molecular complexity index is 1490. The van der Waals surface area contributed by atoms with Crippen LogP contribution in [0.5, 0.6) is 0 Å². The maximum absolute atomic E-state index is 13.4. The topological polar surface area (TPSA) is 118 Å². The molecule has 4 aromatic rings. The number of anilines is 2. The summed E-state index contributed by atoms with van der Waals surface area (Å²) in [7, 11) is 1.80. The minimum Gasteiger partial charge on any atom is -0.383 e. The quantitative estimate of drug-likeness (QED) is 0.318. The first-order valence-electron chi connectivity index (χ1n) is 11.3. The number of alkyl halides is 3. The predicted molar refractivity (Wildman–Crippen MR) is 129 cm³/mol. The Hall–Kier alpha value is -3.95. The standard InChI is InChI=1S/C24H23F3N8O/c1-34-21-19(4-5-35-6-8-36-9-7-35)32-18-3-2-14(10-16(18)20(21)33-23(34)31-13-28)15-11-17(24(25,26)27)22(29)30-12-15/h2-3,10-12H,4-9H2,1H3,(H2,29,30)(H,31,33). The number of aryl methyl sites for hydroxylation is 1. The zero-order chi connectivity index (χ0) is 25.4. The van der Waals surface area contributed by atoms with Crippen molar-refractivity contribution in [2.75, 3.05) is 43.9 Å². The molecule has 186 valence electrons. The van der Waals surface area contributed by atoms with Crippen LogP contribution in [0.15, 0.2) is 30.5 Å². The molecule has 0 bridgehead atoms. The van der Waals surface area contributed by atoms with E-state index in [-0.39, 0.29) is 5.56 Å². The van der Waals surface area contributed by atoms with Crippen LogP contribution in [0.1, 0.15) is 11.3 Å². The molecule has 0 radical (unpaired) electrons. The highest BCUT2D eigenvalue weighted by atomic mass is 19.4. The van der Waals surface area contributed by atoms with Crippen LogP contribution in [-0.2, 0) is 24.4 Å². The van der Waals surface area contributed by atoms with Gasteiger partial charge in [-0.1, -0.05) is 6.07 Å². The van der Waals surface area contributed by atoms with Crippen molar-refractivity contribution >= 4 is 33.7 Å². The molecule has 3 N–H and O–H groups in total. The lowest BCUT2D eigenvalue weighted by Gasteiger charge is -2.26. The Balaban J connectivity index is 1.63. The van der Waals surface area contributed by atoms with E-state index in [1.807, 2.05) is 6.19 Å². The molecule has 0 unspecified atom stereocenters. The van der Waals surface area contributed by atoms with Gasteiger partial charge >= 0.3 is 6.18 Å². The van der Waals surface area contributed by atoms with Gasteiger partial charge in [-0.15, -0.1) is 0 Å². The first-order chi connectivity index (χ1) is 17.3. The molecule has 0 amide bonds. The number of ether oxygens (including phenoxy) is 1. The number of pyridine rings is 2. The first-order valence-corrected chi connectivity index (χ1v) is 11.3. The van der Waals surface area contributed by atoms with Crippen LogP contribution in [0.4, 0.5) is 24.9 Å². The molecule has 3 aromatic heterocycles. The fourth-order valence-corrected chi connectivity index (χ4v) is 4.50. The van der Waals surface area contributed by atoms with E-state index in [1.54, 1.807) is 29.8 Å². The lowest BCUT2D eigenvalue weighted by atomic mass is 10.0. The van der Waals surface area contributed by atoms with Crippen molar-refractivity contribution in [2.45, 2.75) is 12.6 Å². The number of nitrogens with zero attached hydrogens (tertiary/aromatic N) is 6. The monoisotopic (exact) mass is 496 g/mol. The number of imidazole rings is 1. The van der Waals surface area contributed by atoms with Gasteiger partial charge in [-0.2, -0.15) is 18.4 Å². The average Bonchev–Trinajstić information content (AvgIpc) is 3.19. The van der Waals surface area contributed by atoms with E-state index in [9.17, 15) is 18.4 Å². The van der Waals surface area contributed by atoms with Gasteiger partial charge in [0.15, 0.2) is 6.19 Å². The van der Waals surface area contributed by atoms with Gasteiger partial charge in [0.2, 0.25) is 5.95 Å². The van der Waals surface area contributed by atoms with Gasteiger partial charge in [0.25, 0.3) is 0 Å². The molecule has 1 aliphatic rings. The number of fused-ring (bicyclic) bond motifs is 3. The van der Waals surface area contributed by atoms with Crippen molar-refractivity contribution in [3.63, 3.8) is 0 Å². The molecule has 0 atom stereocenters. The second-order valence-electron chi connectivity index (χ2n) is 8.58. The Morgan fingerprint density at radius 3 is 2.67 bits per heavy atom. The normalized spacial score (nSPS) is 14.9. The number of hydrogen-bond donors (Lipinski definition) is 2. The smallest absolute Gasteiger partial charge is 0.383 e. The highest BCUT2D eigenvalue weighted by Crippen LogP contribution is 2.36. The lowest BCUT2D eigenvalue weighted by molar-refractivity contribution is -0.137. The SMILES string of the molecule is Cn1c(NC#N)nc2c3cc(-c4cnc(N)c(C(F)(F)F)c4)ccc3nc(CCN3CCOCC3)c21. The molecule has 1 aromatic carbocycles. The summed E-state index contributed by atoms with van der Waals surface area (Å²) in [6, 6.07) is 6.20. The minimum atomic E-state index is -4.62. The maximum atomic E-state index is 13.4. The molecule has 12 heteroatoms. The molecule has 1 fully saturated rings. The van der Waals surface area contributed by atoms with E-state index in [4.69, 9.17) is 15.5 Å². The summed E-state index contributed by atoms with van der Waals surface area (Å²) in [6.07, 6.45) is -0.744. The fourth-order valence-electron chi connectivity index (χ4n) is 4.50. The summed E-state index contributed by atoms with van der Waals surface area (Å²) < 4.78 is 47.4. The molecule has 5 rings (SSSR count). The summed E-state index contributed by atoms with van der Waals surface area (Å²) in [4.78, 5) is 15.6. The fraction of sp³-hybridized carbons (Fsp3) is 0.333. The van der Waals surface area contributed by atoms with Crippen LogP contribution in [0, 0.1) is 11.5 Å². The Labute approximate surface area is 204 Å². The predicted octanol–water partition coefficient (Wildman–Crippen LogP) is 3.55. The zero-order valence-corrected chi connectivity index (χ0v) is 19.4. The molecule has 9 nitrogen and oxygen atoms in total. The van der Waals surface area contributed by atoms with Crippen molar-refractivity contribution < 1.29 is 17.9 Å². The van der Waals surface area contributed by atoms with Gasteiger partial charge < -0.3 is 15.0 Å². The maximum Gasteiger partial charge on any atom is 0.419 e. The number of nitrogens with one attached hydrogen (secondary N) is 1. The summed E-state index contributed by atoms with van der Waals surface area (Å²) in [5.41, 5.74) is 8.13. The van der Waals surface area contributed by atoms with Crippen LogP contribution in [0.2, 0.25) is 0 Å². The Morgan fingerprint density at radius 2 is 1.94 bits per heavy atom. The zero-order valence-electron chi connectivity index (χ0n) is 19.4. The summed E-state index contributed by atoms with van der Waals surface area (Å²) in [6.45, 7) is 3.88. The number of morpholine rings is 1. The van der Waals surface area contributed by atoms with Crippen molar-refractivity contribution in [3.05, 3.63) is 41.7 Å². The number of nitrogens with two attached hydrogens (primary N) is 1. The number of nitrogen functional groups attached to an aromatic ring is 1. The third-order valence-corrected chi connectivity index (χ3v) is 6.37. The van der Waals surface area contributed by atoms with Gasteiger partial charge in [0.1, 0.15) is 11.3 Å². The number of halogens is 3. The first kappa shape index (κ1) is 23.8. The number of hydrogen-bond acceptors (Lipinski definition) is 8. The summed E-state index contributed by atoms with van der Waals surface area (Å²) in [5, 5.41) is 12.4. The van der Waals surface area contributed by atoms with E-state index in [0.29, 0.717) is 47.6 Å². The van der Waals surface area contributed by atoms with Crippen LogP contribution in [0.3, 0.4) is 0 Å². The molecular formula is C24H23F3N8O. The third kappa shape index (κ3) is 4.38. The lowest BCUT2D eigenvalue weighted by Crippen LogP contribution is -2.37. The summed E-state index contributed by atoms with van der Waals surface area (Å²) in [5.74, 6) is -0.216. The Morgan fingerprint density at radius 1 is 1.17 bits per heavy atom. The number of aromatic nitrogens is 4. The van der Waals surface area contributed by atoms with Crippen LogP contribution >= 0.6 is 0 Å². The Kier molecular flexibility index (Phi) is 6.11. The number of benzene rings is 1. The van der Waals surface area contributed by atoms with E-state index >= 15 is 0 Å². The van der Waals surface area contributed by atoms with Gasteiger partial charge in [0.05, 0.1) is 35.5 Å². The largest absolute Gasteiger partial charge is 0.419 e. The van der Waals surface area contributed by atoms with E-state index in [1.165, 1.54) is 6.20 Å². The molecular weight excluding hydrogens is 473 g/mol. The van der Waals surface area contributed by atoms with Crippen molar-refractivity contribution in [3.8, 4) is 17.3 Å². The number of rotatable bonds is 5. The van der Waals surface area contributed by atoms with Crippen molar-refractivity contribution in [1.29, 1.82) is 5.26 Å². The van der Waals surface area contributed by atoms with Crippen molar-refractivity contribution in [2.24, 2.45) is 7.05 Å². The third-order valence-electron chi connectivity index (χ3n) is 6.37. The highest BCUT2D eigenvalue weighted by Gasteiger charge is 2.34. The van der Waals surface area contributed by atoms with E-state index < -0.39 is 17.6 Å². The van der Waals surface area contributed by atoms with Gasteiger partial charge in [0, 0.05) is 50.2 Å². The molecule has 36 heavy (non-hydrogen) atoms. The molecule has 1 saturated heterocycles. The molecule has 1 aliphatic heterocycles. The summed E-state index contributed by atoms with van der Waals surface area (Å²) >= 11 is 0. The van der Waals surface area contributed by atoms with Crippen LogP contribution in [0.25, 0.3) is 33.1 Å². The van der Waals surface area contributed by atoms with Crippen LogP contribution < -0.4 is 11.1 Å². The molecule has 0 aliphatic carbocycles. The second-order valence-corrected chi connectivity index (χ2v) is 8.58. The number of nitriles is 1. The van der Waals surface area contributed by atoms with Crippen molar-refractivity contribution in [1.82, 2.24) is 24.4 Å². The second kappa shape index (κ2) is 9.25. The van der Waals surface area contributed by atoms with E-state index in [2.05, 4.69) is 20.2 Å². The van der Waals surface area contributed by atoms with E-state index in [0.717, 1.165) is 36.9 Å². The molecule has 0 spiro atoms. The molecule has 4 heterocycles. The van der Waals surface area contributed by atoms with Gasteiger partial charge in [-0.25, -0.2) is 9.97 Å². The van der Waals surface area contributed by atoms with Crippen LogP contribution in [-0.4, -0.2) is 57.3 Å². The highest BCUT2D eigenvalue weighted by molar-refractivity contribution is 6.05. The van der Waals surface area contributed by atoms with Gasteiger partial charge in [-0.05, 0) is 23.8 Å².